The predicted molar refractivity (Wildman–Crippen MR) is 71.8 cm³/mol. The van der Waals surface area contributed by atoms with E-state index >= 15 is 0 Å². The number of hydrogen-bond acceptors (Lipinski definition) is 4. The summed E-state index contributed by atoms with van der Waals surface area (Å²) in [5.41, 5.74) is 1.81. The van der Waals surface area contributed by atoms with Gasteiger partial charge in [-0.25, -0.2) is 0 Å². The van der Waals surface area contributed by atoms with Gasteiger partial charge in [0.05, 0.1) is 12.1 Å². The van der Waals surface area contributed by atoms with E-state index in [0.29, 0.717) is 13.0 Å². The second-order valence-electron chi connectivity index (χ2n) is 4.78. The van der Waals surface area contributed by atoms with Crippen LogP contribution in [0.3, 0.4) is 0 Å². The van der Waals surface area contributed by atoms with Crippen molar-refractivity contribution in [2.75, 3.05) is 30.9 Å². The number of anilines is 2. The van der Waals surface area contributed by atoms with Gasteiger partial charge < -0.3 is 20.6 Å². The van der Waals surface area contributed by atoms with Crippen LogP contribution in [0.15, 0.2) is 24.3 Å². The Morgan fingerprint density at radius 1 is 1.50 bits per heavy atom. The molecule has 5 nitrogen and oxygen atoms in total. The lowest BCUT2D eigenvalue weighted by molar-refractivity contribution is -0.117. The third-order valence-corrected chi connectivity index (χ3v) is 3.05. The molecule has 0 aromatic heterocycles. The molecule has 3 N–H and O–H groups in total. The molecule has 0 spiro atoms. The Morgan fingerprint density at radius 3 is 2.89 bits per heavy atom. The zero-order valence-corrected chi connectivity index (χ0v) is 10.7. The van der Waals surface area contributed by atoms with Crippen LogP contribution in [0, 0.1) is 0 Å². The van der Waals surface area contributed by atoms with Crippen molar-refractivity contribution in [2.24, 2.45) is 0 Å². The van der Waals surface area contributed by atoms with Gasteiger partial charge >= 0.3 is 0 Å². The third-order valence-electron chi connectivity index (χ3n) is 3.05. The van der Waals surface area contributed by atoms with Crippen LogP contribution in [-0.4, -0.2) is 43.8 Å². The first-order valence-electron chi connectivity index (χ1n) is 6.06. The van der Waals surface area contributed by atoms with Crippen LogP contribution in [0.25, 0.3) is 0 Å². The highest BCUT2D eigenvalue weighted by atomic mass is 16.3. The number of amides is 1. The average molecular weight is 249 g/mol. The van der Waals surface area contributed by atoms with Gasteiger partial charge in [0.1, 0.15) is 0 Å². The van der Waals surface area contributed by atoms with Crippen molar-refractivity contribution in [3.8, 4) is 0 Å². The fourth-order valence-electron chi connectivity index (χ4n) is 2.01. The van der Waals surface area contributed by atoms with Crippen molar-refractivity contribution in [2.45, 2.75) is 18.6 Å². The Kier molecular flexibility index (Phi) is 3.84. The molecule has 2 unspecified atom stereocenters. The van der Waals surface area contributed by atoms with E-state index in [1.807, 2.05) is 43.3 Å². The molecule has 1 aromatic rings. The Hall–Kier alpha value is -1.59. The summed E-state index contributed by atoms with van der Waals surface area (Å²) in [7, 11) is 3.91. The van der Waals surface area contributed by atoms with E-state index in [4.69, 9.17) is 0 Å². The zero-order valence-electron chi connectivity index (χ0n) is 10.7. The molecule has 1 fully saturated rings. The van der Waals surface area contributed by atoms with E-state index in [1.165, 1.54) is 0 Å². The molecule has 5 heteroatoms. The largest absolute Gasteiger partial charge is 0.392 e. The number of benzene rings is 1. The molecule has 98 valence electrons. The van der Waals surface area contributed by atoms with Crippen molar-refractivity contribution in [1.82, 2.24) is 5.32 Å². The normalized spacial score (nSPS) is 22.8. The molecular formula is C13H19N3O2. The summed E-state index contributed by atoms with van der Waals surface area (Å²) in [6, 6.07) is 7.36. The molecule has 1 heterocycles. The topological polar surface area (TPSA) is 64.6 Å². The number of aliphatic hydroxyl groups is 1. The number of carbonyl (C=O) groups excluding carboxylic acids is 1. The van der Waals surface area contributed by atoms with Gasteiger partial charge in [0.15, 0.2) is 0 Å². The van der Waals surface area contributed by atoms with Crippen LogP contribution in [-0.2, 0) is 4.79 Å². The maximum absolute atomic E-state index is 11.9. The second-order valence-corrected chi connectivity index (χ2v) is 4.78. The van der Waals surface area contributed by atoms with Crippen molar-refractivity contribution in [1.29, 1.82) is 0 Å². The molecule has 1 aromatic carbocycles. The lowest BCUT2D eigenvalue weighted by atomic mass is 10.2. The fourth-order valence-corrected chi connectivity index (χ4v) is 2.01. The van der Waals surface area contributed by atoms with E-state index in [9.17, 15) is 9.90 Å². The van der Waals surface area contributed by atoms with Crippen molar-refractivity contribution >= 4 is 17.3 Å². The monoisotopic (exact) mass is 249 g/mol. The number of aliphatic hydroxyl groups excluding tert-OH is 1. The predicted octanol–water partition coefficient (Wildman–Crippen LogP) is 0.414. The molecule has 0 saturated carbocycles. The number of rotatable bonds is 3. The van der Waals surface area contributed by atoms with Gasteiger partial charge in [-0.3, -0.25) is 4.79 Å². The molecule has 0 bridgehead atoms. The van der Waals surface area contributed by atoms with Gasteiger partial charge in [-0.15, -0.1) is 0 Å². The summed E-state index contributed by atoms with van der Waals surface area (Å²) in [6.07, 6.45) is 0.0491. The van der Waals surface area contributed by atoms with Gasteiger partial charge in [-0.1, -0.05) is 6.07 Å². The van der Waals surface area contributed by atoms with E-state index in [0.717, 1.165) is 11.4 Å². The molecule has 18 heavy (non-hydrogen) atoms. The zero-order chi connectivity index (χ0) is 13.1. The molecule has 2 rings (SSSR count). The number of hydrogen-bond donors (Lipinski definition) is 3. The maximum atomic E-state index is 11.9. The van der Waals surface area contributed by atoms with Crippen LogP contribution in [0.1, 0.15) is 6.42 Å². The summed E-state index contributed by atoms with van der Waals surface area (Å²) >= 11 is 0. The average Bonchev–Trinajstić information content (AvgIpc) is 2.76. The number of carbonyl (C=O) groups is 1. The SMILES string of the molecule is CN(C)c1cccc(NC(=O)C2CC(O)CN2)c1. The summed E-state index contributed by atoms with van der Waals surface area (Å²) in [5.74, 6) is -0.0949. The van der Waals surface area contributed by atoms with E-state index in [-0.39, 0.29) is 11.9 Å². The minimum atomic E-state index is -0.422. The fraction of sp³-hybridized carbons (Fsp3) is 0.462. The molecular weight excluding hydrogens is 230 g/mol. The van der Waals surface area contributed by atoms with Gasteiger partial charge in [0.25, 0.3) is 0 Å². The van der Waals surface area contributed by atoms with E-state index in [1.54, 1.807) is 0 Å². The molecule has 1 saturated heterocycles. The molecule has 1 amide bonds. The van der Waals surface area contributed by atoms with Gasteiger partial charge in [-0.2, -0.15) is 0 Å². The van der Waals surface area contributed by atoms with Crippen LogP contribution < -0.4 is 15.5 Å². The number of nitrogens with one attached hydrogen (secondary N) is 2. The molecule has 2 atom stereocenters. The quantitative estimate of drug-likeness (QED) is 0.726. The van der Waals surface area contributed by atoms with Crippen LogP contribution in [0.4, 0.5) is 11.4 Å². The Labute approximate surface area is 107 Å². The standard InChI is InChI=1S/C13H19N3O2/c1-16(2)10-5-3-4-9(6-10)15-13(18)12-7-11(17)8-14-12/h3-6,11-12,14,17H,7-8H2,1-2H3,(H,15,18). The van der Waals surface area contributed by atoms with Crippen molar-refractivity contribution < 1.29 is 9.90 Å². The van der Waals surface area contributed by atoms with Crippen LogP contribution >= 0.6 is 0 Å². The molecule has 1 aliphatic rings. The van der Waals surface area contributed by atoms with Crippen molar-refractivity contribution in [3.05, 3.63) is 24.3 Å². The summed E-state index contributed by atoms with van der Waals surface area (Å²) < 4.78 is 0. The molecule has 1 aliphatic heterocycles. The van der Waals surface area contributed by atoms with E-state index in [2.05, 4.69) is 10.6 Å². The van der Waals surface area contributed by atoms with Crippen molar-refractivity contribution in [3.63, 3.8) is 0 Å². The highest BCUT2D eigenvalue weighted by Gasteiger charge is 2.27. The summed E-state index contributed by atoms with van der Waals surface area (Å²) in [4.78, 5) is 13.9. The Morgan fingerprint density at radius 2 is 2.28 bits per heavy atom. The Balaban J connectivity index is 2.00. The lowest BCUT2D eigenvalue weighted by Gasteiger charge is -2.15. The van der Waals surface area contributed by atoms with Gasteiger partial charge in [-0.05, 0) is 24.6 Å². The van der Waals surface area contributed by atoms with Gasteiger partial charge in [0, 0.05) is 32.0 Å². The summed E-state index contributed by atoms with van der Waals surface area (Å²) in [6.45, 7) is 0.482. The minimum absolute atomic E-state index is 0.0949. The smallest absolute Gasteiger partial charge is 0.241 e. The highest BCUT2D eigenvalue weighted by molar-refractivity contribution is 5.95. The first-order chi connectivity index (χ1) is 8.56. The van der Waals surface area contributed by atoms with Crippen LogP contribution in [0.5, 0.6) is 0 Å². The Bertz CT molecular complexity index is 434. The first kappa shape index (κ1) is 12.9. The molecule has 0 radical (unpaired) electrons. The second kappa shape index (κ2) is 5.37. The maximum Gasteiger partial charge on any atom is 0.241 e. The number of β-amino-alcohol motifs (C(OH)–C–C–N with tert-alkyl or cyclic N) is 1. The molecule has 0 aliphatic carbocycles. The van der Waals surface area contributed by atoms with Crippen LogP contribution in [0.2, 0.25) is 0 Å². The summed E-state index contributed by atoms with van der Waals surface area (Å²) in [5, 5.41) is 15.2. The highest BCUT2D eigenvalue weighted by Crippen LogP contribution is 2.18. The number of nitrogens with zero attached hydrogens (tertiary/aromatic N) is 1. The first-order valence-corrected chi connectivity index (χ1v) is 6.06. The minimum Gasteiger partial charge on any atom is -0.392 e. The lowest BCUT2D eigenvalue weighted by Crippen LogP contribution is -2.35. The van der Waals surface area contributed by atoms with E-state index < -0.39 is 6.10 Å². The third kappa shape index (κ3) is 3.00. The van der Waals surface area contributed by atoms with Gasteiger partial charge in [0.2, 0.25) is 5.91 Å².